The smallest absolute Gasteiger partial charge is 0.119 e. The van der Waals surface area contributed by atoms with Crippen LogP contribution in [0.2, 0.25) is 0 Å². The first-order valence-electron chi connectivity index (χ1n) is 9.03. The van der Waals surface area contributed by atoms with Gasteiger partial charge in [0.05, 0.1) is 11.2 Å². The molecule has 132 valence electrons. The highest BCUT2D eigenvalue weighted by atomic mass is 19.1. The molecule has 0 saturated heterocycles. The van der Waals surface area contributed by atoms with E-state index in [1.54, 1.807) is 6.08 Å². The van der Waals surface area contributed by atoms with Crippen LogP contribution in [0.25, 0.3) is 22.2 Å². The van der Waals surface area contributed by atoms with Crippen LogP contribution in [0.3, 0.4) is 0 Å². The summed E-state index contributed by atoms with van der Waals surface area (Å²) in [4.78, 5) is 0. The van der Waals surface area contributed by atoms with Gasteiger partial charge in [0.15, 0.2) is 0 Å². The Morgan fingerprint density at radius 1 is 1.23 bits per heavy atom. The van der Waals surface area contributed by atoms with Gasteiger partial charge in [0.1, 0.15) is 5.83 Å². The van der Waals surface area contributed by atoms with E-state index in [9.17, 15) is 4.39 Å². The van der Waals surface area contributed by atoms with Crippen molar-refractivity contribution in [2.45, 2.75) is 26.7 Å². The summed E-state index contributed by atoms with van der Waals surface area (Å²) in [6.45, 7) is 8.07. The van der Waals surface area contributed by atoms with Crippen molar-refractivity contribution in [3.8, 4) is 0 Å². The summed E-state index contributed by atoms with van der Waals surface area (Å²) in [5.41, 5.74) is 5.66. The second-order valence-corrected chi connectivity index (χ2v) is 6.18. The van der Waals surface area contributed by atoms with E-state index < -0.39 is 0 Å². The SMILES string of the molecule is C=C/C=C(\C=C/C)c1c(CC)c2ccccc2n1C1=CCC=C(F)C=C1. The minimum absolute atomic E-state index is 0.194. The van der Waals surface area contributed by atoms with Gasteiger partial charge in [-0.2, -0.15) is 0 Å². The van der Waals surface area contributed by atoms with Crippen molar-refractivity contribution in [2.24, 2.45) is 0 Å². The topological polar surface area (TPSA) is 4.93 Å². The van der Waals surface area contributed by atoms with Crippen molar-refractivity contribution in [3.05, 3.63) is 96.5 Å². The molecule has 0 radical (unpaired) electrons. The molecular weight excluding hydrogens is 321 g/mol. The minimum atomic E-state index is -0.194. The Morgan fingerprint density at radius 2 is 2.04 bits per heavy atom. The molecule has 1 aromatic carbocycles. The van der Waals surface area contributed by atoms with Gasteiger partial charge in [-0.15, -0.1) is 0 Å². The molecule has 0 spiro atoms. The zero-order valence-corrected chi connectivity index (χ0v) is 15.4. The number of halogens is 1. The molecule has 0 unspecified atom stereocenters. The lowest BCUT2D eigenvalue weighted by atomic mass is 10.0. The highest BCUT2D eigenvalue weighted by molar-refractivity contribution is 5.96. The molecule has 0 saturated carbocycles. The molecule has 0 fully saturated rings. The van der Waals surface area contributed by atoms with E-state index in [-0.39, 0.29) is 5.83 Å². The summed E-state index contributed by atoms with van der Waals surface area (Å²) in [7, 11) is 0. The predicted molar refractivity (Wildman–Crippen MR) is 112 cm³/mol. The van der Waals surface area contributed by atoms with Crippen molar-refractivity contribution in [2.75, 3.05) is 0 Å². The van der Waals surface area contributed by atoms with Gasteiger partial charge >= 0.3 is 0 Å². The second-order valence-electron chi connectivity index (χ2n) is 6.18. The first kappa shape index (κ1) is 17.9. The van der Waals surface area contributed by atoms with Gasteiger partial charge in [0, 0.05) is 11.1 Å². The van der Waals surface area contributed by atoms with Crippen LogP contribution in [0.4, 0.5) is 4.39 Å². The Morgan fingerprint density at radius 3 is 2.77 bits per heavy atom. The maximum absolute atomic E-state index is 13.7. The molecule has 1 aromatic heterocycles. The third-order valence-electron chi connectivity index (χ3n) is 4.56. The fourth-order valence-corrected chi connectivity index (χ4v) is 3.52. The van der Waals surface area contributed by atoms with E-state index in [2.05, 4.69) is 54.5 Å². The first-order chi connectivity index (χ1) is 12.7. The Labute approximate surface area is 154 Å². The number of hydrogen-bond acceptors (Lipinski definition) is 0. The van der Waals surface area contributed by atoms with Crippen LogP contribution in [0.15, 0.2) is 85.3 Å². The molecule has 1 nitrogen and oxygen atoms in total. The number of rotatable bonds is 5. The number of hydrogen-bond donors (Lipinski definition) is 0. The van der Waals surface area contributed by atoms with E-state index in [0.29, 0.717) is 6.42 Å². The van der Waals surface area contributed by atoms with E-state index >= 15 is 0 Å². The van der Waals surface area contributed by atoms with E-state index in [1.165, 1.54) is 17.0 Å². The normalized spacial score (nSPS) is 15.3. The highest BCUT2D eigenvalue weighted by Gasteiger charge is 2.19. The van der Waals surface area contributed by atoms with Crippen molar-refractivity contribution in [1.29, 1.82) is 0 Å². The fraction of sp³-hybridized carbons (Fsp3) is 0.167. The molecule has 0 atom stereocenters. The average molecular weight is 345 g/mol. The van der Waals surface area contributed by atoms with Crippen molar-refractivity contribution in [3.63, 3.8) is 0 Å². The Balaban J connectivity index is 2.39. The quantitative estimate of drug-likeness (QED) is 0.514. The van der Waals surface area contributed by atoms with E-state index in [0.717, 1.165) is 28.9 Å². The number of benzene rings is 1. The summed E-state index contributed by atoms with van der Waals surface area (Å²) in [6.07, 6.45) is 16.5. The van der Waals surface area contributed by atoms with Crippen molar-refractivity contribution >= 4 is 22.2 Å². The first-order valence-corrected chi connectivity index (χ1v) is 9.03. The van der Waals surface area contributed by atoms with Gasteiger partial charge in [0.25, 0.3) is 0 Å². The molecular formula is C24H24FN. The maximum atomic E-state index is 13.7. The van der Waals surface area contributed by atoms with Crippen LogP contribution in [0.5, 0.6) is 0 Å². The molecule has 1 heterocycles. The molecule has 0 aliphatic heterocycles. The number of para-hydroxylation sites is 1. The van der Waals surface area contributed by atoms with Gasteiger partial charge < -0.3 is 4.57 Å². The lowest BCUT2D eigenvalue weighted by molar-refractivity contribution is 0.663. The Hall–Kier alpha value is -2.87. The fourth-order valence-electron chi connectivity index (χ4n) is 3.52. The van der Waals surface area contributed by atoms with Gasteiger partial charge in [0.2, 0.25) is 0 Å². The molecule has 0 bridgehead atoms. The third-order valence-corrected chi connectivity index (χ3v) is 4.56. The Kier molecular flexibility index (Phi) is 5.52. The van der Waals surface area contributed by atoms with Gasteiger partial charge in [-0.3, -0.25) is 0 Å². The molecule has 1 aliphatic carbocycles. The monoisotopic (exact) mass is 345 g/mol. The van der Waals surface area contributed by atoms with Crippen LogP contribution < -0.4 is 0 Å². The number of fused-ring (bicyclic) bond motifs is 1. The third kappa shape index (κ3) is 3.28. The van der Waals surface area contributed by atoms with Crippen LogP contribution in [-0.4, -0.2) is 4.57 Å². The number of allylic oxidation sites excluding steroid dienone is 11. The summed E-state index contributed by atoms with van der Waals surface area (Å²) in [6, 6.07) is 8.41. The number of aryl methyl sites for hydroxylation is 1. The zero-order valence-electron chi connectivity index (χ0n) is 15.4. The summed E-state index contributed by atoms with van der Waals surface area (Å²) < 4.78 is 16.0. The molecule has 2 aromatic rings. The Bertz CT molecular complexity index is 977. The maximum Gasteiger partial charge on any atom is 0.119 e. The van der Waals surface area contributed by atoms with Gasteiger partial charge in [-0.1, -0.05) is 62.1 Å². The van der Waals surface area contributed by atoms with Crippen molar-refractivity contribution < 1.29 is 4.39 Å². The molecule has 0 amide bonds. The summed E-state index contributed by atoms with van der Waals surface area (Å²) in [5.74, 6) is -0.194. The van der Waals surface area contributed by atoms with Crippen LogP contribution >= 0.6 is 0 Å². The van der Waals surface area contributed by atoms with Crippen LogP contribution in [0.1, 0.15) is 31.5 Å². The molecule has 2 heteroatoms. The van der Waals surface area contributed by atoms with Gasteiger partial charge in [-0.25, -0.2) is 4.39 Å². The average Bonchev–Trinajstić information content (AvgIpc) is 2.83. The lowest BCUT2D eigenvalue weighted by Crippen LogP contribution is -2.02. The van der Waals surface area contributed by atoms with Crippen LogP contribution in [-0.2, 0) is 6.42 Å². The summed E-state index contributed by atoms with van der Waals surface area (Å²) >= 11 is 0. The van der Waals surface area contributed by atoms with E-state index in [1.807, 2.05) is 31.2 Å². The minimum Gasteiger partial charge on any atom is -0.309 e. The molecule has 1 aliphatic rings. The second kappa shape index (κ2) is 8.01. The standard InChI is InChI=1S/C24H24FN/c1-4-10-18(11-5-2)24-21(6-3)22-14-7-8-15-23(22)26(24)20-13-9-12-19(25)16-17-20/h4-5,7-8,10-17H,1,6,9H2,2-3H3/b11-5-,18-10+. The molecule has 3 rings (SSSR count). The van der Waals surface area contributed by atoms with Crippen LogP contribution in [0, 0.1) is 0 Å². The number of nitrogens with zero attached hydrogens (tertiary/aromatic N) is 1. The van der Waals surface area contributed by atoms with Crippen molar-refractivity contribution in [1.82, 2.24) is 4.57 Å². The van der Waals surface area contributed by atoms with E-state index in [4.69, 9.17) is 0 Å². The molecule has 26 heavy (non-hydrogen) atoms. The molecule has 0 N–H and O–H groups in total. The predicted octanol–water partition coefficient (Wildman–Crippen LogP) is 7.00. The lowest BCUT2D eigenvalue weighted by Gasteiger charge is -2.14. The number of aromatic nitrogens is 1. The van der Waals surface area contributed by atoms with Gasteiger partial charge in [-0.05, 0) is 55.2 Å². The highest BCUT2D eigenvalue weighted by Crippen LogP contribution is 2.35. The summed E-state index contributed by atoms with van der Waals surface area (Å²) in [5, 5.41) is 1.23. The zero-order chi connectivity index (χ0) is 18.5. The largest absolute Gasteiger partial charge is 0.309 e.